The van der Waals surface area contributed by atoms with Gasteiger partial charge in [-0.05, 0) is 12.1 Å². The summed E-state index contributed by atoms with van der Waals surface area (Å²) in [4.78, 5) is 47.3. The molecule has 0 saturated carbocycles. The Morgan fingerprint density at radius 2 is 2.12 bits per heavy atom. The molecule has 1 atom stereocenters. The molecule has 0 bridgehead atoms. The first kappa shape index (κ1) is 15.6. The zero-order valence-corrected chi connectivity index (χ0v) is 13.9. The number of fused-ring (bicyclic) bond motifs is 1. The van der Waals surface area contributed by atoms with Crippen LogP contribution in [-0.4, -0.2) is 70.2 Å². The lowest BCUT2D eigenvalue weighted by atomic mass is 10.1. The maximum absolute atomic E-state index is 12.7. The molecule has 0 aliphatic carbocycles. The minimum Gasteiger partial charge on any atom is -0.359 e. The van der Waals surface area contributed by atoms with Crippen LogP contribution in [0.25, 0.3) is 11.0 Å². The van der Waals surface area contributed by atoms with Crippen LogP contribution in [0.1, 0.15) is 16.8 Å². The molecule has 0 spiro atoms. The van der Waals surface area contributed by atoms with E-state index in [1.807, 2.05) is 12.1 Å². The number of carbonyl (C=O) groups excluding carboxylic acids is 3. The van der Waals surface area contributed by atoms with Crippen LogP contribution < -0.4 is 5.32 Å². The Hall–Kier alpha value is -2.90. The van der Waals surface area contributed by atoms with E-state index in [-0.39, 0.29) is 36.1 Å². The van der Waals surface area contributed by atoms with Gasteiger partial charge in [0, 0.05) is 45.5 Å². The predicted octanol–water partition coefficient (Wildman–Crippen LogP) is -0.0182. The maximum Gasteiger partial charge on any atom is 0.257 e. The van der Waals surface area contributed by atoms with Crippen molar-refractivity contribution in [2.45, 2.75) is 12.5 Å². The van der Waals surface area contributed by atoms with Crippen molar-refractivity contribution in [3.8, 4) is 0 Å². The Bertz CT molecular complexity index is 855. The molecule has 2 N–H and O–H groups in total. The highest BCUT2D eigenvalue weighted by Crippen LogP contribution is 2.27. The fourth-order valence-corrected chi connectivity index (χ4v) is 3.57. The third kappa shape index (κ3) is 2.54. The smallest absolute Gasteiger partial charge is 0.257 e. The van der Waals surface area contributed by atoms with Crippen LogP contribution in [0.5, 0.6) is 0 Å². The average Bonchev–Trinajstić information content (AvgIpc) is 3.17. The Balaban J connectivity index is 1.41. The molecule has 2 aromatic rings. The molecule has 1 unspecified atom stereocenters. The first-order valence-corrected chi connectivity index (χ1v) is 8.31. The molecule has 8 heteroatoms. The largest absolute Gasteiger partial charge is 0.359 e. The summed E-state index contributed by atoms with van der Waals surface area (Å²) in [5.74, 6) is -0.497. The van der Waals surface area contributed by atoms with E-state index in [1.165, 1.54) is 0 Å². The summed E-state index contributed by atoms with van der Waals surface area (Å²) in [6.45, 7) is 1.41. The highest BCUT2D eigenvalue weighted by atomic mass is 16.2. The number of nitrogens with zero attached hydrogens (tertiary/aromatic N) is 3. The normalized spacial score (nSPS) is 20.8. The van der Waals surface area contributed by atoms with E-state index in [4.69, 9.17) is 0 Å². The standard InChI is InChI=1S/C17H19N5O3/c1-18-16(24)10-5-14(23)22(7-10)11-8-21(9-11)17(25)12-6-20-13-3-2-4-19-15(12)13/h2-4,6,10-11,20H,5,7-9H2,1H3,(H,18,24). The van der Waals surface area contributed by atoms with Crippen molar-refractivity contribution in [2.24, 2.45) is 5.92 Å². The van der Waals surface area contributed by atoms with Crippen molar-refractivity contribution in [2.75, 3.05) is 26.7 Å². The number of nitrogens with one attached hydrogen (secondary N) is 2. The van der Waals surface area contributed by atoms with Gasteiger partial charge in [-0.25, -0.2) is 0 Å². The maximum atomic E-state index is 12.7. The highest BCUT2D eigenvalue weighted by Gasteiger charge is 2.43. The lowest BCUT2D eigenvalue weighted by Gasteiger charge is -2.44. The number of carbonyl (C=O) groups is 3. The van der Waals surface area contributed by atoms with Crippen LogP contribution in [-0.2, 0) is 9.59 Å². The van der Waals surface area contributed by atoms with E-state index in [9.17, 15) is 14.4 Å². The van der Waals surface area contributed by atoms with Crippen molar-refractivity contribution in [3.63, 3.8) is 0 Å². The summed E-state index contributed by atoms with van der Waals surface area (Å²) in [6, 6.07) is 3.68. The van der Waals surface area contributed by atoms with Gasteiger partial charge in [0.15, 0.2) is 0 Å². The molecule has 3 amide bonds. The molecular weight excluding hydrogens is 322 g/mol. The van der Waals surface area contributed by atoms with Crippen LogP contribution in [0, 0.1) is 5.92 Å². The summed E-state index contributed by atoms with van der Waals surface area (Å²) >= 11 is 0. The van der Waals surface area contributed by atoms with Gasteiger partial charge in [0.25, 0.3) is 5.91 Å². The number of aromatic nitrogens is 2. The molecular formula is C17H19N5O3. The zero-order chi connectivity index (χ0) is 17.6. The molecule has 130 valence electrons. The summed E-state index contributed by atoms with van der Waals surface area (Å²) in [7, 11) is 1.58. The second kappa shape index (κ2) is 5.87. The number of hydrogen-bond donors (Lipinski definition) is 2. The first-order chi connectivity index (χ1) is 12.1. The van der Waals surface area contributed by atoms with E-state index in [1.54, 1.807) is 29.2 Å². The zero-order valence-electron chi connectivity index (χ0n) is 13.9. The van der Waals surface area contributed by atoms with Crippen molar-refractivity contribution in [3.05, 3.63) is 30.1 Å². The van der Waals surface area contributed by atoms with Gasteiger partial charge in [-0.2, -0.15) is 0 Å². The summed E-state index contributed by atoms with van der Waals surface area (Å²) in [5.41, 5.74) is 2.03. The number of amides is 3. The molecule has 4 heterocycles. The molecule has 0 radical (unpaired) electrons. The third-order valence-electron chi connectivity index (χ3n) is 5.03. The van der Waals surface area contributed by atoms with Crippen molar-refractivity contribution < 1.29 is 14.4 Å². The number of likely N-dealkylation sites (tertiary alicyclic amines) is 2. The van der Waals surface area contributed by atoms with E-state index < -0.39 is 0 Å². The predicted molar refractivity (Wildman–Crippen MR) is 89.7 cm³/mol. The van der Waals surface area contributed by atoms with Gasteiger partial charge in [0.1, 0.15) is 5.52 Å². The Morgan fingerprint density at radius 1 is 1.32 bits per heavy atom. The van der Waals surface area contributed by atoms with E-state index >= 15 is 0 Å². The number of hydrogen-bond acceptors (Lipinski definition) is 4. The van der Waals surface area contributed by atoms with Crippen molar-refractivity contribution in [1.29, 1.82) is 0 Å². The molecule has 2 aromatic heterocycles. The summed E-state index contributed by atoms with van der Waals surface area (Å²) < 4.78 is 0. The average molecular weight is 341 g/mol. The number of H-pyrrole nitrogens is 1. The third-order valence-corrected chi connectivity index (χ3v) is 5.03. The Morgan fingerprint density at radius 3 is 2.88 bits per heavy atom. The van der Waals surface area contributed by atoms with Crippen LogP contribution in [0.2, 0.25) is 0 Å². The highest BCUT2D eigenvalue weighted by molar-refractivity contribution is 6.05. The first-order valence-electron chi connectivity index (χ1n) is 8.31. The summed E-state index contributed by atoms with van der Waals surface area (Å²) in [5, 5.41) is 2.59. The van der Waals surface area contributed by atoms with Crippen molar-refractivity contribution in [1.82, 2.24) is 25.1 Å². The molecule has 2 aliphatic heterocycles. The van der Waals surface area contributed by atoms with E-state index in [2.05, 4.69) is 15.3 Å². The van der Waals surface area contributed by atoms with Gasteiger partial charge in [-0.1, -0.05) is 0 Å². The van der Waals surface area contributed by atoms with Gasteiger partial charge in [0.05, 0.1) is 23.0 Å². The second-order valence-corrected chi connectivity index (χ2v) is 6.53. The van der Waals surface area contributed by atoms with Gasteiger partial charge in [0.2, 0.25) is 11.8 Å². The van der Waals surface area contributed by atoms with Gasteiger partial charge >= 0.3 is 0 Å². The fraction of sp³-hybridized carbons (Fsp3) is 0.412. The SMILES string of the molecule is CNC(=O)C1CC(=O)N(C2CN(C(=O)c3c[nH]c4cccnc34)C2)C1. The van der Waals surface area contributed by atoms with Gasteiger partial charge in [-0.15, -0.1) is 0 Å². The second-order valence-electron chi connectivity index (χ2n) is 6.53. The minimum atomic E-state index is -0.292. The van der Waals surface area contributed by atoms with Crippen LogP contribution in [0.15, 0.2) is 24.5 Å². The number of pyridine rings is 1. The van der Waals surface area contributed by atoms with Crippen molar-refractivity contribution >= 4 is 28.8 Å². The monoisotopic (exact) mass is 341 g/mol. The molecule has 2 saturated heterocycles. The van der Waals surface area contributed by atoms with Crippen LogP contribution in [0.3, 0.4) is 0 Å². The van der Waals surface area contributed by atoms with E-state index in [0.29, 0.717) is 30.7 Å². The molecule has 8 nitrogen and oxygen atoms in total. The fourth-order valence-electron chi connectivity index (χ4n) is 3.57. The molecule has 2 fully saturated rings. The number of rotatable bonds is 3. The quantitative estimate of drug-likeness (QED) is 0.820. The molecule has 0 aromatic carbocycles. The minimum absolute atomic E-state index is 0.00993. The molecule has 4 rings (SSSR count). The van der Waals surface area contributed by atoms with E-state index in [0.717, 1.165) is 5.52 Å². The lowest BCUT2D eigenvalue weighted by Crippen LogP contribution is -2.61. The lowest BCUT2D eigenvalue weighted by molar-refractivity contribution is -0.132. The number of aromatic amines is 1. The Kier molecular flexibility index (Phi) is 3.67. The summed E-state index contributed by atoms with van der Waals surface area (Å²) in [6.07, 6.45) is 3.58. The topological polar surface area (TPSA) is 98.4 Å². The van der Waals surface area contributed by atoms with Crippen LogP contribution >= 0.6 is 0 Å². The van der Waals surface area contributed by atoms with Crippen LogP contribution in [0.4, 0.5) is 0 Å². The molecule has 25 heavy (non-hydrogen) atoms. The Labute approximate surface area is 144 Å². The van der Waals surface area contributed by atoms with Gasteiger partial charge in [-0.3, -0.25) is 19.4 Å². The molecule has 2 aliphatic rings. The van der Waals surface area contributed by atoms with Gasteiger partial charge < -0.3 is 20.1 Å².